The van der Waals surface area contributed by atoms with Gasteiger partial charge in [-0.15, -0.1) is 0 Å². The normalized spacial score (nSPS) is 12.4. The van der Waals surface area contributed by atoms with Gasteiger partial charge in [0.05, 0.1) is 17.2 Å². The van der Waals surface area contributed by atoms with E-state index in [0.29, 0.717) is 24.3 Å². The van der Waals surface area contributed by atoms with Crippen LogP contribution in [0.4, 0.5) is 35.1 Å². The molecule has 3 rings (SSSR count). The first-order valence-corrected chi connectivity index (χ1v) is 13.1. The maximum atomic E-state index is 13.6. The predicted molar refractivity (Wildman–Crippen MR) is 109 cm³/mol. The Hall–Kier alpha value is -3.42. The van der Waals surface area contributed by atoms with Crippen molar-refractivity contribution in [3.8, 4) is 29.3 Å². The molecule has 1 heterocycles. The van der Waals surface area contributed by atoms with Crippen molar-refractivity contribution < 1.29 is 49.0 Å². The lowest BCUT2D eigenvalue weighted by Gasteiger charge is -2.18. The fourth-order valence-electron chi connectivity index (χ4n) is 2.62. The smallest absolute Gasteiger partial charge is 0.419 e. The average molecular weight is 524 g/mol. The number of hydrogen-bond donors (Lipinski definition) is 0. The Bertz CT molecular complexity index is 1140. The summed E-state index contributed by atoms with van der Waals surface area (Å²) in [5.41, 5.74) is -3.16. The Morgan fingerprint density at radius 2 is 1.06 bits per heavy atom. The molecular formula is C21H16F8N2O3Si. The first-order valence-electron chi connectivity index (χ1n) is 9.68. The molecule has 0 saturated heterocycles. The van der Waals surface area contributed by atoms with Crippen molar-refractivity contribution >= 4 is 8.32 Å². The van der Waals surface area contributed by atoms with E-state index in [1.54, 1.807) is 19.6 Å². The lowest BCUT2D eigenvalue weighted by Crippen LogP contribution is -2.30. The minimum absolute atomic E-state index is 0.326. The van der Waals surface area contributed by atoms with E-state index < -0.39 is 66.7 Å². The summed E-state index contributed by atoms with van der Waals surface area (Å²) in [5, 5.41) is 0. The Morgan fingerprint density at radius 3 is 1.40 bits per heavy atom. The summed E-state index contributed by atoms with van der Waals surface area (Å²) in [5.74, 6) is -4.72. The number of ether oxygens (including phenoxy) is 2. The molecule has 35 heavy (non-hydrogen) atoms. The molecule has 0 amide bonds. The average Bonchev–Trinajstić information content (AvgIpc) is 2.68. The summed E-state index contributed by atoms with van der Waals surface area (Å²) >= 11 is 0. The Morgan fingerprint density at radius 1 is 0.657 bits per heavy atom. The molecule has 2 aromatic carbocycles. The molecule has 5 nitrogen and oxygen atoms in total. The number of rotatable bonds is 6. The second kappa shape index (κ2) is 9.32. The molecule has 0 unspecified atom stereocenters. The summed E-state index contributed by atoms with van der Waals surface area (Å²) in [6.45, 7) is 5.28. The molecule has 0 saturated carbocycles. The van der Waals surface area contributed by atoms with E-state index in [1.165, 1.54) is 0 Å². The van der Waals surface area contributed by atoms with Crippen molar-refractivity contribution in [3.05, 3.63) is 65.2 Å². The van der Waals surface area contributed by atoms with Crippen molar-refractivity contribution in [2.75, 3.05) is 0 Å². The number of hydrogen-bond acceptors (Lipinski definition) is 5. The zero-order chi connectivity index (χ0) is 26.2. The standard InChI is InChI=1S/C21H16F8N2O3Si/c1-35(2,3)34-19-30-17(32-11-4-6-15(22)13(8-11)20(24,25)26)10-18(31-19)33-12-5-7-16(23)14(9-12)21(27,28)29/h4-10H,1-3H3. The largest absolute Gasteiger partial charge is 0.518 e. The highest BCUT2D eigenvalue weighted by Crippen LogP contribution is 2.37. The molecule has 14 heteroatoms. The highest BCUT2D eigenvalue weighted by atomic mass is 28.4. The molecule has 0 radical (unpaired) electrons. The lowest BCUT2D eigenvalue weighted by molar-refractivity contribution is -0.140. The minimum atomic E-state index is -4.99. The maximum Gasteiger partial charge on any atom is 0.419 e. The second-order valence-electron chi connectivity index (χ2n) is 8.02. The van der Waals surface area contributed by atoms with Gasteiger partial charge in [0.1, 0.15) is 23.1 Å². The number of alkyl halides is 6. The van der Waals surface area contributed by atoms with E-state index in [4.69, 9.17) is 13.9 Å². The van der Waals surface area contributed by atoms with Crippen LogP contribution in [0.15, 0.2) is 42.5 Å². The summed E-state index contributed by atoms with van der Waals surface area (Å²) in [6, 6.07) is 4.39. The molecule has 3 aromatic rings. The van der Waals surface area contributed by atoms with Gasteiger partial charge in [0.25, 0.3) is 0 Å². The Kier molecular flexibility index (Phi) is 6.97. The zero-order valence-electron chi connectivity index (χ0n) is 18.2. The molecule has 0 bridgehead atoms. The molecule has 0 fully saturated rings. The van der Waals surface area contributed by atoms with Crippen molar-refractivity contribution in [2.45, 2.75) is 32.0 Å². The van der Waals surface area contributed by atoms with Gasteiger partial charge in [0.2, 0.25) is 20.1 Å². The van der Waals surface area contributed by atoms with Gasteiger partial charge in [-0.2, -0.15) is 36.3 Å². The second-order valence-corrected chi connectivity index (χ2v) is 12.5. The number of halogens is 8. The van der Waals surface area contributed by atoms with Crippen LogP contribution in [0.5, 0.6) is 29.3 Å². The van der Waals surface area contributed by atoms with Crippen LogP contribution in [0.2, 0.25) is 19.6 Å². The molecule has 0 N–H and O–H groups in total. The lowest BCUT2D eigenvalue weighted by atomic mass is 10.2. The van der Waals surface area contributed by atoms with Crippen LogP contribution in [0, 0.1) is 11.6 Å². The molecule has 0 spiro atoms. The van der Waals surface area contributed by atoms with Crippen molar-refractivity contribution in [1.29, 1.82) is 0 Å². The highest BCUT2D eigenvalue weighted by molar-refractivity contribution is 6.70. The van der Waals surface area contributed by atoms with Crippen LogP contribution < -0.4 is 13.9 Å². The quantitative estimate of drug-likeness (QED) is 0.246. The monoisotopic (exact) mass is 524 g/mol. The maximum absolute atomic E-state index is 13.6. The number of nitrogens with zero attached hydrogens (tertiary/aromatic N) is 2. The molecule has 1 aromatic heterocycles. The Balaban J connectivity index is 1.99. The van der Waals surface area contributed by atoms with Crippen LogP contribution in [0.1, 0.15) is 11.1 Å². The van der Waals surface area contributed by atoms with E-state index in [1.807, 2.05) is 0 Å². The van der Waals surface area contributed by atoms with Gasteiger partial charge in [0.15, 0.2) is 0 Å². The van der Waals surface area contributed by atoms with Gasteiger partial charge in [-0.3, -0.25) is 0 Å². The Labute approximate surface area is 194 Å². The molecule has 188 valence electrons. The SMILES string of the molecule is C[Si](C)(C)Oc1nc(Oc2ccc(F)c(C(F)(F)F)c2)cc(Oc2ccc(F)c(C(F)(F)F)c2)n1. The first kappa shape index (κ1) is 26.2. The van der Waals surface area contributed by atoms with E-state index in [0.717, 1.165) is 18.2 Å². The van der Waals surface area contributed by atoms with Gasteiger partial charge in [-0.25, -0.2) is 8.78 Å². The summed E-state index contributed by atoms with van der Waals surface area (Å²) < 4.78 is 121. The van der Waals surface area contributed by atoms with Gasteiger partial charge in [-0.1, -0.05) is 0 Å². The zero-order valence-corrected chi connectivity index (χ0v) is 19.2. The van der Waals surface area contributed by atoms with Crippen LogP contribution in [-0.4, -0.2) is 18.3 Å². The molecule has 0 aliphatic carbocycles. The number of benzene rings is 2. The third kappa shape index (κ3) is 7.04. The fraction of sp³-hybridized carbons (Fsp3) is 0.238. The van der Waals surface area contributed by atoms with Gasteiger partial charge >= 0.3 is 18.4 Å². The summed E-state index contributed by atoms with van der Waals surface area (Å²) in [7, 11) is -2.34. The van der Waals surface area contributed by atoms with Crippen LogP contribution >= 0.6 is 0 Å². The topological polar surface area (TPSA) is 53.5 Å². The third-order valence-corrected chi connectivity index (χ3v) is 4.78. The van der Waals surface area contributed by atoms with Gasteiger partial charge < -0.3 is 13.9 Å². The van der Waals surface area contributed by atoms with E-state index in [2.05, 4.69) is 9.97 Å². The van der Waals surface area contributed by atoms with Gasteiger partial charge in [0, 0.05) is 0 Å². The minimum Gasteiger partial charge on any atom is -0.518 e. The van der Waals surface area contributed by atoms with Crippen molar-refractivity contribution in [3.63, 3.8) is 0 Å². The van der Waals surface area contributed by atoms with E-state index >= 15 is 0 Å². The van der Waals surface area contributed by atoms with Crippen LogP contribution in [-0.2, 0) is 12.4 Å². The van der Waals surface area contributed by atoms with E-state index in [-0.39, 0.29) is 6.01 Å². The molecule has 0 aliphatic rings. The van der Waals surface area contributed by atoms with Crippen molar-refractivity contribution in [2.24, 2.45) is 0 Å². The van der Waals surface area contributed by atoms with Crippen LogP contribution in [0.25, 0.3) is 0 Å². The summed E-state index contributed by atoms with van der Waals surface area (Å²) in [4.78, 5) is 7.85. The third-order valence-electron chi connectivity index (χ3n) is 3.99. The van der Waals surface area contributed by atoms with Crippen LogP contribution in [0.3, 0.4) is 0 Å². The van der Waals surface area contributed by atoms with Gasteiger partial charge in [-0.05, 0) is 56.0 Å². The summed E-state index contributed by atoms with van der Waals surface area (Å²) in [6.07, 6.45) is -9.98. The number of aromatic nitrogens is 2. The molecule has 0 aliphatic heterocycles. The predicted octanol–water partition coefficient (Wildman–Crippen LogP) is 7.59. The first-order chi connectivity index (χ1) is 16.0. The van der Waals surface area contributed by atoms with E-state index in [9.17, 15) is 35.1 Å². The molecule has 0 atom stereocenters. The molecular weight excluding hydrogens is 508 g/mol. The highest BCUT2D eigenvalue weighted by Gasteiger charge is 2.35. The fourth-order valence-corrected chi connectivity index (χ4v) is 3.26. The van der Waals surface area contributed by atoms with Crippen molar-refractivity contribution in [1.82, 2.24) is 9.97 Å².